The number of ether oxygens (including phenoxy) is 1. The summed E-state index contributed by atoms with van der Waals surface area (Å²) >= 11 is 5.31. The van der Waals surface area contributed by atoms with Crippen molar-refractivity contribution in [3.05, 3.63) is 27.1 Å². The molecule has 2 aromatic rings. The maximum atomic E-state index is 11.4. The molecular weight excluding hydrogens is 336 g/mol. The Hall–Kier alpha value is -0.800. The van der Waals surface area contributed by atoms with Crippen molar-refractivity contribution in [2.45, 2.75) is 17.7 Å². The van der Waals surface area contributed by atoms with E-state index < -0.39 is 10.1 Å². The fraction of sp³-hybridized carbons (Fsp3) is 0.250. The van der Waals surface area contributed by atoms with E-state index in [0.717, 1.165) is 31.8 Å². The summed E-state index contributed by atoms with van der Waals surface area (Å²) in [4.78, 5) is 0.905. The van der Waals surface area contributed by atoms with Crippen molar-refractivity contribution in [1.82, 2.24) is 0 Å². The quantitative estimate of drug-likeness (QED) is 0.512. The molecule has 0 saturated heterocycles. The van der Waals surface area contributed by atoms with E-state index in [1.165, 1.54) is 13.2 Å². The van der Waals surface area contributed by atoms with Crippen LogP contribution in [0.4, 0.5) is 0 Å². The van der Waals surface area contributed by atoms with Crippen LogP contribution >= 0.6 is 32.9 Å². The van der Waals surface area contributed by atoms with Crippen LogP contribution in [-0.2, 0) is 23.0 Å². The molecule has 8 heteroatoms. The number of rotatable bonds is 2. The molecule has 0 aliphatic heterocycles. The number of aryl methyl sites for hydroxylation is 1. The first-order chi connectivity index (χ1) is 9.41. The fourth-order valence-corrected chi connectivity index (χ4v) is 6.06. The van der Waals surface area contributed by atoms with Crippen LogP contribution in [0.1, 0.15) is 11.1 Å². The van der Waals surface area contributed by atoms with Crippen LogP contribution in [0, 0.1) is 3.82 Å². The molecule has 1 N–H and O–H groups in total. The zero-order chi connectivity index (χ0) is 14.5. The number of benzene rings is 1. The van der Waals surface area contributed by atoms with Crippen molar-refractivity contribution < 1.29 is 17.7 Å². The summed E-state index contributed by atoms with van der Waals surface area (Å²) in [6.07, 6.45) is 1.51. The van der Waals surface area contributed by atoms with Gasteiger partial charge in [-0.05, 0) is 36.1 Å². The average molecular weight is 346 g/mol. The Morgan fingerprint density at radius 2 is 2.05 bits per heavy atom. The minimum Gasteiger partial charge on any atom is -0.495 e. The molecule has 0 bridgehead atoms. The van der Waals surface area contributed by atoms with Gasteiger partial charge < -0.3 is 4.74 Å². The van der Waals surface area contributed by atoms with E-state index in [1.807, 2.05) is 0 Å². The number of methoxy groups -OCH3 is 1. The molecule has 0 spiro atoms. The van der Waals surface area contributed by atoms with Crippen LogP contribution < -0.4 is 4.74 Å². The molecule has 0 atom stereocenters. The van der Waals surface area contributed by atoms with E-state index in [1.54, 1.807) is 26.7 Å². The average Bonchev–Trinajstić information content (AvgIpc) is 2.78. The van der Waals surface area contributed by atoms with Crippen LogP contribution in [0.15, 0.2) is 17.0 Å². The van der Waals surface area contributed by atoms with Gasteiger partial charge in [0.2, 0.25) is 0 Å². The third kappa shape index (κ3) is 2.21. The predicted octanol–water partition coefficient (Wildman–Crippen LogP) is 3.56. The van der Waals surface area contributed by atoms with Gasteiger partial charge >= 0.3 is 0 Å². The van der Waals surface area contributed by atoms with Crippen LogP contribution in [0.2, 0.25) is 0 Å². The Labute approximate surface area is 128 Å². The molecule has 4 nitrogen and oxygen atoms in total. The molecule has 20 heavy (non-hydrogen) atoms. The lowest BCUT2D eigenvalue weighted by atomic mass is 9.92. The maximum absolute atomic E-state index is 11.4. The molecule has 3 rings (SSSR count). The molecule has 106 valence electrons. The molecule has 1 aliphatic carbocycles. The van der Waals surface area contributed by atoms with Gasteiger partial charge in [0, 0.05) is 5.56 Å². The third-order valence-electron chi connectivity index (χ3n) is 3.28. The summed E-state index contributed by atoms with van der Waals surface area (Å²) in [5, 5.41) is 0. The molecular formula is C12H10O4S4. The smallest absolute Gasteiger partial charge is 0.298 e. The summed E-state index contributed by atoms with van der Waals surface area (Å²) in [5.74, 6) is 0.156. The van der Waals surface area contributed by atoms with Crippen molar-refractivity contribution in [1.29, 1.82) is 0 Å². The lowest BCUT2D eigenvalue weighted by molar-refractivity contribution is 0.397. The van der Waals surface area contributed by atoms with Crippen LogP contribution in [-0.4, -0.2) is 20.1 Å². The maximum Gasteiger partial charge on any atom is 0.298 e. The van der Waals surface area contributed by atoms with E-state index in [2.05, 4.69) is 0 Å². The monoisotopic (exact) mass is 346 g/mol. The van der Waals surface area contributed by atoms with Crippen molar-refractivity contribution in [2.24, 2.45) is 0 Å². The van der Waals surface area contributed by atoms with Gasteiger partial charge in [0.15, 0.2) is 0 Å². The Kier molecular flexibility index (Phi) is 3.46. The van der Waals surface area contributed by atoms with Gasteiger partial charge in [-0.3, -0.25) is 4.55 Å². The molecule has 1 aliphatic rings. The summed E-state index contributed by atoms with van der Waals surface area (Å²) < 4.78 is 38.1. The van der Waals surface area contributed by atoms with Gasteiger partial charge in [-0.1, -0.05) is 32.9 Å². The highest BCUT2D eigenvalue weighted by Gasteiger charge is 2.25. The Balaban J connectivity index is 2.30. The zero-order valence-electron chi connectivity index (χ0n) is 10.4. The first-order valence-corrected chi connectivity index (χ1v) is 9.72. The summed E-state index contributed by atoms with van der Waals surface area (Å²) in [6, 6.07) is 3.17. The summed E-state index contributed by atoms with van der Waals surface area (Å²) in [7, 11) is 0.246. The second-order valence-electron chi connectivity index (χ2n) is 4.40. The Morgan fingerprint density at radius 1 is 1.30 bits per heavy atom. The lowest BCUT2D eigenvalue weighted by Gasteiger charge is -2.18. The minimum absolute atomic E-state index is 0.156. The van der Waals surface area contributed by atoms with Crippen molar-refractivity contribution in [3.63, 3.8) is 0 Å². The van der Waals surface area contributed by atoms with Gasteiger partial charge in [-0.25, -0.2) is 0 Å². The van der Waals surface area contributed by atoms with Gasteiger partial charge in [-0.15, -0.1) is 0 Å². The SMILES string of the molecule is COc1cc2c(cc1S(=O)(=O)O)CCc1c-2ssc1=S. The number of hydrogen-bond acceptors (Lipinski definition) is 6. The van der Waals surface area contributed by atoms with Gasteiger partial charge in [0.05, 0.1) is 12.0 Å². The van der Waals surface area contributed by atoms with Crippen LogP contribution in [0.3, 0.4) is 0 Å². The third-order valence-corrected chi connectivity index (χ3v) is 7.33. The fourth-order valence-electron chi connectivity index (χ4n) is 2.34. The summed E-state index contributed by atoms with van der Waals surface area (Å²) in [5.41, 5.74) is 3.01. The molecule has 1 aromatic heterocycles. The standard InChI is InChI=1S/C12H10O4S4/c1-16-9-5-8-6(4-10(9)20(13,14)15)2-3-7-11(8)18-19-12(7)17/h4-5H,2-3H2,1H3,(H,13,14,15). The van der Waals surface area contributed by atoms with Gasteiger partial charge in [-0.2, -0.15) is 8.42 Å². The normalized spacial score (nSPS) is 13.7. The van der Waals surface area contributed by atoms with E-state index in [4.69, 9.17) is 17.0 Å². The minimum atomic E-state index is -4.29. The molecule has 0 saturated carbocycles. The van der Waals surface area contributed by atoms with Gasteiger partial charge in [0.1, 0.15) is 14.5 Å². The topological polar surface area (TPSA) is 63.6 Å². The highest BCUT2D eigenvalue weighted by Crippen LogP contribution is 2.43. The van der Waals surface area contributed by atoms with Gasteiger partial charge in [0.25, 0.3) is 10.1 Å². The molecule has 0 amide bonds. The zero-order valence-corrected chi connectivity index (χ0v) is 13.6. The summed E-state index contributed by atoms with van der Waals surface area (Å²) in [6.45, 7) is 0. The molecule has 1 heterocycles. The Bertz CT molecular complexity index is 845. The second kappa shape index (κ2) is 4.88. The van der Waals surface area contributed by atoms with E-state index in [-0.39, 0.29) is 10.6 Å². The van der Waals surface area contributed by atoms with E-state index in [9.17, 15) is 13.0 Å². The predicted molar refractivity (Wildman–Crippen MR) is 82.2 cm³/mol. The molecule has 0 fully saturated rings. The van der Waals surface area contributed by atoms with Crippen molar-refractivity contribution in [3.8, 4) is 16.2 Å². The van der Waals surface area contributed by atoms with E-state index in [0.29, 0.717) is 6.42 Å². The first-order valence-electron chi connectivity index (χ1n) is 5.72. The molecule has 0 unspecified atom stereocenters. The van der Waals surface area contributed by atoms with Crippen molar-refractivity contribution >= 4 is 43.0 Å². The Morgan fingerprint density at radius 3 is 2.70 bits per heavy atom. The second-order valence-corrected chi connectivity index (χ2v) is 8.60. The molecule has 0 radical (unpaired) electrons. The number of hydrogen-bond donors (Lipinski definition) is 1. The highest BCUT2D eigenvalue weighted by molar-refractivity contribution is 7.86. The van der Waals surface area contributed by atoms with E-state index >= 15 is 0 Å². The molecule has 1 aromatic carbocycles. The van der Waals surface area contributed by atoms with Crippen LogP contribution in [0.5, 0.6) is 5.75 Å². The van der Waals surface area contributed by atoms with Crippen LogP contribution in [0.25, 0.3) is 10.4 Å². The highest BCUT2D eigenvalue weighted by atomic mass is 32.9. The first kappa shape index (κ1) is 14.2. The lowest BCUT2D eigenvalue weighted by Crippen LogP contribution is -2.07. The van der Waals surface area contributed by atoms with Crippen molar-refractivity contribution in [2.75, 3.05) is 7.11 Å². The number of fused-ring (bicyclic) bond motifs is 3. The largest absolute Gasteiger partial charge is 0.495 e.